The van der Waals surface area contributed by atoms with E-state index < -0.39 is 6.61 Å². The quantitative estimate of drug-likeness (QED) is 0.438. The van der Waals surface area contributed by atoms with Crippen LogP contribution in [-0.4, -0.2) is 32.3 Å². The molecule has 0 radical (unpaired) electrons. The number of aliphatic imine (C=N–C) groups is 1. The minimum Gasteiger partial charge on any atom is -0.490 e. The van der Waals surface area contributed by atoms with Crippen LogP contribution in [0.5, 0.6) is 11.5 Å². The Kier molecular flexibility index (Phi) is 8.29. The van der Waals surface area contributed by atoms with Crippen molar-refractivity contribution < 1.29 is 18.3 Å². The Labute approximate surface area is 135 Å². The van der Waals surface area contributed by atoms with Gasteiger partial charge in [0.1, 0.15) is 0 Å². The number of halogens is 2. The van der Waals surface area contributed by atoms with Gasteiger partial charge in [-0.05, 0) is 19.9 Å². The first-order chi connectivity index (χ1) is 11.1. The van der Waals surface area contributed by atoms with Gasteiger partial charge in [-0.3, -0.25) is 0 Å². The van der Waals surface area contributed by atoms with Crippen molar-refractivity contribution in [3.8, 4) is 23.8 Å². The Balaban J connectivity index is 3.00. The highest BCUT2D eigenvalue weighted by atomic mass is 19.3. The highest BCUT2D eigenvalue weighted by Crippen LogP contribution is 2.33. The summed E-state index contributed by atoms with van der Waals surface area (Å²) in [6, 6.07) is 4.95. The molecular weight excluding hydrogens is 304 g/mol. The van der Waals surface area contributed by atoms with Gasteiger partial charge < -0.3 is 20.1 Å². The van der Waals surface area contributed by atoms with Gasteiger partial charge in [-0.15, -0.1) is 6.42 Å². The van der Waals surface area contributed by atoms with Gasteiger partial charge in [0.05, 0.1) is 19.7 Å². The van der Waals surface area contributed by atoms with Crippen LogP contribution >= 0.6 is 0 Å². The highest BCUT2D eigenvalue weighted by molar-refractivity contribution is 5.80. The summed E-state index contributed by atoms with van der Waals surface area (Å²) in [5.74, 6) is 3.20. The van der Waals surface area contributed by atoms with Crippen molar-refractivity contribution in [3.05, 3.63) is 23.8 Å². The van der Waals surface area contributed by atoms with Gasteiger partial charge in [0, 0.05) is 12.1 Å². The van der Waals surface area contributed by atoms with Crippen LogP contribution in [0.15, 0.2) is 23.2 Å². The van der Waals surface area contributed by atoms with Crippen LogP contribution in [0.25, 0.3) is 0 Å². The average Bonchev–Trinajstić information content (AvgIpc) is 2.52. The van der Waals surface area contributed by atoms with Gasteiger partial charge in [-0.1, -0.05) is 18.1 Å². The minimum atomic E-state index is -2.94. The normalized spacial score (nSPS) is 11.0. The molecule has 0 spiro atoms. The lowest BCUT2D eigenvalue weighted by molar-refractivity contribution is -0.0520. The molecule has 1 aromatic carbocycles. The van der Waals surface area contributed by atoms with E-state index in [4.69, 9.17) is 11.2 Å². The summed E-state index contributed by atoms with van der Waals surface area (Å²) in [5.41, 5.74) is 0.495. The first-order valence-corrected chi connectivity index (χ1v) is 7.27. The number of nitrogens with zero attached hydrogens (tertiary/aromatic N) is 1. The van der Waals surface area contributed by atoms with Crippen LogP contribution in [0, 0.1) is 12.3 Å². The van der Waals surface area contributed by atoms with Crippen LogP contribution in [-0.2, 0) is 6.54 Å². The maximum atomic E-state index is 12.6. The molecule has 126 valence electrons. The molecule has 0 aromatic heterocycles. The van der Waals surface area contributed by atoms with Crippen molar-refractivity contribution in [2.75, 3.05) is 19.7 Å². The molecule has 0 aliphatic heterocycles. The zero-order valence-corrected chi connectivity index (χ0v) is 13.2. The first-order valence-electron chi connectivity index (χ1n) is 7.27. The topological polar surface area (TPSA) is 54.9 Å². The van der Waals surface area contributed by atoms with Gasteiger partial charge in [-0.2, -0.15) is 8.78 Å². The fraction of sp³-hybridized carbons (Fsp3) is 0.438. The fourth-order valence-corrected chi connectivity index (χ4v) is 1.82. The number of hydrogen-bond donors (Lipinski definition) is 2. The number of terminal acetylenes is 1. The molecule has 7 heteroatoms. The number of guanidine groups is 1. The van der Waals surface area contributed by atoms with Crippen molar-refractivity contribution in [2.24, 2.45) is 4.99 Å². The van der Waals surface area contributed by atoms with E-state index in [0.717, 1.165) is 0 Å². The number of para-hydroxylation sites is 1. The van der Waals surface area contributed by atoms with Crippen LogP contribution in [0.4, 0.5) is 8.78 Å². The van der Waals surface area contributed by atoms with Gasteiger partial charge in [-0.25, -0.2) is 4.99 Å². The number of alkyl halides is 2. The molecule has 2 N–H and O–H groups in total. The molecule has 0 unspecified atom stereocenters. The molecular formula is C16H21F2N3O2. The van der Waals surface area contributed by atoms with Gasteiger partial charge in [0.2, 0.25) is 0 Å². The summed E-state index contributed by atoms with van der Waals surface area (Å²) >= 11 is 0. The molecule has 23 heavy (non-hydrogen) atoms. The second kappa shape index (κ2) is 10.3. The number of rotatable bonds is 8. The molecule has 0 atom stereocenters. The van der Waals surface area contributed by atoms with Gasteiger partial charge in [0.25, 0.3) is 0 Å². The predicted octanol–water partition coefficient (Wildman–Crippen LogP) is 2.38. The lowest BCUT2D eigenvalue weighted by Crippen LogP contribution is -2.37. The number of ether oxygens (including phenoxy) is 2. The summed E-state index contributed by atoms with van der Waals surface area (Å²) in [6.07, 6.45) is 5.20. The third-order valence-corrected chi connectivity index (χ3v) is 2.68. The van der Waals surface area contributed by atoms with E-state index >= 15 is 0 Å². The molecule has 0 saturated carbocycles. The summed E-state index contributed by atoms with van der Waals surface area (Å²) in [5, 5.41) is 5.93. The maximum Gasteiger partial charge on any atom is 0.387 e. The van der Waals surface area contributed by atoms with Crippen molar-refractivity contribution >= 4 is 5.96 Å². The summed E-state index contributed by atoms with van der Waals surface area (Å²) < 4.78 is 35.2. The van der Waals surface area contributed by atoms with E-state index in [-0.39, 0.29) is 18.0 Å². The largest absolute Gasteiger partial charge is 0.490 e. The minimum absolute atomic E-state index is 0.000832. The number of benzene rings is 1. The Morgan fingerprint density at radius 1 is 1.35 bits per heavy atom. The Morgan fingerprint density at radius 3 is 2.74 bits per heavy atom. The molecule has 0 fully saturated rings. The first kappa shape index (κ1) is 18.6. The SMILES string of the molecule is C#CCNC(=NCc1cccc(OCC)c1OC(F)F)NCC. The summed E-state index contributed by atoms with van der Waals surface area (Å²) in [4.78, 5) is 4.31. The third-order valence-electron chi connectivity index (χ3n) is 2.68. The van der Waals surface area contributed by atoms with Gasteiger partial charge in [0.15, 0.2) is 17.5 Å². The Morgan fingerprint density at radius 2 is 2.13 bits per heavy atom. The Bertz CT molecular complexity index is 557. The van der Waals surface area contributed by atoms with Crippen LogP contribution in [0.3, 0.4) is 0 Å². The molecule has 0 bridgehead atoms. The number of nitrogens with one attached hydrogen (secondary N) is 2. The van der Waals surface area contributed by atoms with E-state index in [1.54, 1.807) is 25.1 Å². The molecule has 0 amide bonds. The molecule has 5 nitrogen and oxygen atoms in total. The van der Waals surface area contributed by atoms with Gasteiger partial charge >= 0.3 is 6.61 Å². The van der Waals surface area contributed by atoms with Crippen molar-refractivity contribution in [1.82, 2.24) is 10.6 Å². The van der Waals surface area contributed by atoms with Crippen LogP contribution < -0.4 is 20.1 Å². The molecule has 0 aliphatic rings. The van der Waals surface area contributed by atoms with Crippen LogP contribution in [0.1, 0.15) is 19.4 Å². The molecule has 0 heterocycles. The molecule has 0 saturated heterocycles. The Hall–Kier alpha value is -2.49. The van der Waals surface area contributed by atoms with E-state index in [9.17, 15) is 8.78 Å². The van der Waals surface area contributed by atoms with Crippen molar-refractivity contribution in [3.63, 3.8) is 0 Å². The highest BCUT2D eigenvalue weighted by Gasteiger charge is 2.15. The standard InChI is InChI=1S/C16H21F2N3O2/c1-4-10-20-16(19-5-2)21-11-12-8-7-9-13(22-6-3)14(12)23-15(17)18/h1,7-9,15H,5-6,10-11H2,2-3H3,(H2,19,20,21). The smallest absolute Gasteiger partial charge is 0.387 e. The third kappa shape index (κ3) is 6.43. The van der Waals surface area contributed by atoms with E-state index in [0.29, 0.717) is 31.2 Å². The lowest BCUT2D eigenvalue weighted by Gasteiger charge is -2.15. The second-order valence-electron chi connectivity index (χ2n) is 4.31. The van der Waals surface area contributed by atoms with E-state index in [1.807, 2.05) is 6.92 Å². The fourth-order valence-electron chi connectivity index (χ4n) is 1.82. The summed E-state index contributed by atoms with van der Waals surface area (Å²) in [7, 11) is 0. The number of hydrogen-bond acceptors (Lipinski definition) is 3. The predicted molar refractivity (Wildman–Crippen MR) is 85.9 cm³/mol. The molecule has 1 rings (SSSR count). The van der Waals surface area contributed by atoms with E-state index in [2.05, 4.69) is 26.3 Å². The zero-order valence-electron chi connectivity index (χ0n) is 13.2. The van der Waals surface area contributed by atoms with Crippen LogP contribution in [0.2, 0.25) is 0 Å². The van der Waals surface area contributed by atoms with Crippen molar-refractivity contribution in [2.45, 2.75) is 27.0 Å². The molecule has 1 aromatic rings. The van der Waals surface area contributed by atoms with E-state index in [1.165, 1.54) is 0 Å². The zero-order chi connectivity index (χ0) is 17.1. The lowest BCUT2D eigenvalue weighted by atomic mass is 10.2. The second-order valence-corrected chi connectivity index (χ2v) is 4.31. The average molecular weight is 325 g/mol. The monoisotopic (exact) mass is 325 g/mol. The molecule has 0 aliphatic carbocycles. The summed E-state index contributed by atoms with van der Waals surface area (Å²) in [6.45, 7) is 2.19. The van der Waals surface area contributed by atoms with Crippen molar-refractivity contribution in [1.29, 1.82) is 0 Å². The maximum absolute atomic E-state index is 12.6.